The normalized spacial score (nSPS) is 14.3. The zero-order valence-corrected chi connectivity index (χ0v) is 14.8. The van der Waals surface area contributed by atoms with E-state index in [9.17, 15) is 0 Å². The molecule has 120 valence electrons. The maximum Gasteiger partial charge on any atom is 0.100 e. The summed E-state index contributed by atoms with van der Waals surface area (Å²) in [6.45, 7) is 8.98. The van der Waals surface area contributed by atoms with Crippen LogP contribution in [0, 0.1) is 0 Å². The van der Waals surface area contributed by atoms with Gasteiger partial charge in [0.2, 0.25) is 0 Å². The van der Waals surface area contributed by atoms with Gasteiger partial charge in [0, 0.05) is 6.42 Å². The van der Waals surface area contributed by atoms with E-state index in [1.165, 1.54) is 31.2 Å². The van der Waals surface area contributed by atoms with Crippen molar-refractivity contribution in [3.8, 4) is 0 Å². The van der Waals surface area contributed by atoms with E-state index in [0.717, 1.165) is 32.4 Å². The number of alkyl halides is 1. The van der Waals surface area contributed by atoms with Crippen LogP contribution in [0.3, 0.4) is 0 Å². The number of unbranched alkanes of at least 4 members (excludes halogenated alkanes) is 2. The van der Waals surface area contributed by atoms with E-state index in [1.807, 2.05) is 0 Å². The molecule has 0 N–H and O–H groups in total. The smallest absolute Gasteiger partial charge is 0.100 e. The van der Waals surface area contributed by atoms with Crippen LogP contribution < -0.4 is 0 Å². The number of hydrogen-bond acceptors (Lipinski definition) is 1. The molecule has 0 aliphatic heterocycles. The van der Waals surface area contributed by atoms with Crippen LogP contribution in [0.5, 0.6) is 0 Å². The molecule has 0 saturated heterocycles. The molecule has 1 aromatic carbocycles. The zero-order chi connectivity index (χ0) is 15.6. The lowest BCUT2D eigenvalue weighted by Crippen LogP contribution is -2.47. The van der Waals surface area contributed by atoms with Crippen molar-refractivity contribution >= 4 is 11.6 Å². The van der Waals surface area contributed by atoms with Crippen LogP contribution in [0.1, 0.15) is 64.9 Å². The lowest BCUT2D eigenvalue weighted by atomic mass is 9.99. The van der Waals surface area contributed by atoms with Crippen molar-refractivity contribution in [2.75, 3.05) is 13.1 Å². The van der Waals surface area contributed by atoms with Crippen molar-refractivity contribution < 1.29 is 0 Å². The fourth-order valence-corrected chi connectivity index (χ4v) is 3.37. The van der Waals surface area contributed by atoms with Crippen molar-refractivity contribution in [1.29, 1.82) is 0 Å². The SMILES string of the molecule is CCCCN(CCCC)C(Cl)(CCC)Cc1ccccc1. The molecule has 0 fully saturated rings. The third-order valence-electron chi connectivity index (χ3n) is 4.08. The summed E-state index contributed by atoms with van der Waals surface area (Å²) in [6.07, 6.45) is 8.05. The Hall–Kier alpha value is -0.530. The van der Waals surface area contributed by atoms with E-state index in [0.29, 0.717) is 0 Å². The van der Waals surface area contributed by atoms with E-state index < -0.39 is 0 Å². The lowest BCUT2D eigenvalue weighted by molar-refractivity contribution is 0.144. The first-order valence-corrected chi connectivity index (χ1v) is 9.02. The lowest BCUT2D eigenvalue weighted by Gasteiger charge is -2.40. The molecule has 1 atom stereocenters. The van der Waals surface area contributed by atoms with E-state index in [-0.39, 0.29) is 5.00 Å². The first kappa shape index (κ1) is 18.5. The Morgan fingerprint density at radius 1 is 0.905 bits per heavy atom. The quantitative estimate of drug-likeness (QED) is 0.365. The predicted octanol–water partition coefficient (Wildman–Crippen LogP) is 5.87. The van der Waals surface area contributed by atoms with Gasteiger partial charge in [-0.1, -0.05) is 70.4 Å². The summed E-state index contributed by atoms with van der Waals surface area (Å²) in [5.74, 6) is 0. The van der Waals surface area contributed by atoms with E-state index >= 15 is 0 Å². The summed E-state index contributed by atoms with van der Waals surface area (Å²) >= 11 is 7.14. The molecule has 0 spiro atoms. The molecule has 1 nitrogen and oxygen atoms in total. The molecule has 0 saturated carbocycles. The first-order valence-electron chi connectivity index (χ1n) is 8.64. The number of nitrogens with zero attached hydrogens (tertiary/aromatic N) is 1. The van der Waals surface area contributed by atoms with Crippen molar-refractivity contribution in [2.45, 2.75) is 70.7 Å². The fraction of sp³-hybridized carbons (Fsp3) is 0.684. The molecule has 0 aliphatic rings. The van der Waals surface area contributed by atoms with Gasteiger partial charge >= 0.3 is 0 Å². The molecule has 0 bridgehead atoms. The molecule has 2 heteroatoms. The second-order valence-electron chi connectivity index (χ2n) is 6.02. The minimum absolute atomic E-state index is 0.222. The Labute approximate surface area is 136 Å². The Bertz CT molecular complexity index is 357. The Balaban J connectivity index is 2.85. The van der Waals surface area contributed by atoms with Gasteiger partial charge in [-0.25, -0.2) is 0 Å². The van der Waals surface area contributed by atoms with Gasteiger partial charge in [0.25, 0.3) is 0 Å². The van der Waals surface area contributed by atoms with Gasteiger partial charge in [-0.3, -0.25) is 4.90 Å². The van der Waals surface area contributed by atoms with Gasteiger partial charge in [-0.2, -0.15) is 0 Å². The second-order valence-corrected chi connectivity index (χ2v) is 6.73. The van der Waals surface area contributed by atoms with Gasteiger partial charge in [0.1, 0.15) is 5.00 Å². The molecule has 21 heavy (non-hydrogen) atoms. The first-order chi connectivity index (χ1) is 10.2. The highest BCUT2D eigenvalue weighted by atomic mass is 35.5. The molecule has 1 aromatic rings. The van der Waals surface area contributed by atoms with Gasteiger partial charge in [0.05, 0.1) is 0 Å². The molecule has 0 radical (unpaired) electrons. The topological polar surface area (TPSA) is 3.24 Å². The van der Waals surface area contributed by atoms with Crippen molar-refractivity contribution in [2.24, 2.45) is 0 Å². The third kappa shape index (κ3) is 6.40. The summed E-state index contributed by atoms with van der Waals surface area (Å²) in [5.41, 5.74) is 1.35. The van der Waals surface area contributed by atoms with E-state index in [1.54, 1.807) is 0 Å². The highest BCUT2D eigenvalue weighted by Gasteiger charge is 2.33. The summed E-state index contributed by atoms with van der Waals surface area (Å²) in [7, 11) is 0. The Kier molecular flexibility index (Phi) is 9.03. The van der Waals surface area contributed by atoms with E-state index in [2.05, 4.69) is 56.0 Å². The van der Waals surface area contributed by atoms with Gasteiger partial charge in [-0.15, -0.1) is 11.6 Å². The van der Waals surface area contributed by atoms with Crippen LogP contribution in [0.2, 0.25) is 0 Å². The average molecular weight is 310 g/mol. The maximum absolute atomic E-state index is 7.14. The number of hydrogen-bond donors (Lipinski definition) is 0. The number of rotatable bonds is 11. The molecule has 0 amide bonds. The minimum atomic E-state index is -0.222. The predicted molar refractivity (Wildman–Crippen MR) is 95.0 cm³/mol. The van der Waals surface area contributed by atoms with E-state index in [4.69, 9.17) is 11.6 Å². The summed E-state index contributed by atoms with van der Waals surface area (Å²) in [4.78, 5) is 2.32. The maximum atomic E-state index is 7.14. The largest absolute Gasteiger partial charge is 0.285 e. The molecular formula is C19H32ClN. The molecular weight excluding hydrogens is 278 g/mol. The summed E-state index contributed by atoms with van der Waals surface area (Å²) in [6, 6.07) is 10.7. The van der Waals surface area contributed by atoms with Crippen molar-refractivity contribution in [3.63, 3.8) is 0 Å². The minimum Gasteiger partial charge on any atom is -0.285 e. The fourth-order valence-electron chi connectivity index (χ4n) is 2.86. The highest BCUT2D eigenvalue weighted by Crippen LogP contribution is 2.31. The average Bonchev–Trinajstić information content (AvgIpc) is 2.48. The molecule has 0 aromatic heterocycles. The highest BCUT2D eigenvalue weighted by molar-refractivity contribution is 6.23. The molecule has 0 heterocycles. The summed E-state index contributed by atoms with van der Waals surface area (Å²) < 4.78 is 0. The number of benzene rings is 1. The standard InChI is InChI=1S/C19H32ClN/c1-4-7-15-21(16-8-5-2)19(20,14-6-3)17-18-12-10-9-11-13-18/h9-13H,4-8,14-17H2,1-3H3. The zero-order valence-electron chi connectivity index (χ0n) is 14.1. The Morgan fingerprint density at radius 2 is 1.48 bits per heavy atom. The summed E-state index contributed by atoms with van der Waals surface area (Å²) in [5, 5.41) is 0. The van der Waals surface area contributed by atoms with Crippen LogP contribution in [0.4, 0.5) is 0 Å². The van der Waals surface area contributed by atoms with Gasteiger partial charge in [-0.05, 0) is 37.9 Å². The van der Waals surface area contributed by atoms with Crippen LogP contribution in [0.15, 0.2) is 30.3 Å². The van der Waals surface area contributed by atoms with Crippen LogP contribution in [-0.4, -0.2) is 23.0 Å². The number of halogens is 1. The van der Waals surface area contributed by atoms with Crippen LogP contribution in [0.25, 0.3) is 0 Å². The molecule has 0 aliphatic carbocycles. The van der Waals surface area contributed by atoms with Crippen molar-refractivity contribution in [3.05, 3.63) is 35.9 Å². The van der Waals surface area contributed by atoms with Crippen LogP contribution in [-0.2, 0) is 6.42 Å². The van der Waals surface area contributed by atoms with Gasteiger partial charge in [0.15, 0.2) is 0 Å². The molecule has 1 unspecified atom stereocenters. The molecule has 1 rings (SSSR count). The third-order valence-corrected chi connectivity index (χ3v) is 4.64. The second kappa shape index (κ2) is 10.2. The monoisotopic (exact) mass is 309 g/mol. The van der Waals surface area contributed by atoms with Crippen LogP contribution >= 0.6 is 11.6 Å². The Morgan fingerprint density at radius 3 is 1.95 bits per heavy atom. The van der Waals surface area contributed by atoms with Crippen molar-refractivity contribution in [1.82, 2.24) is 4.90 Å². The van der Waals surface area contributed by atoms with Gasteiger partial charge < -0.3 is 0 Å².